The van der Waals surface area contributed by atoms with Crippen LogP contribution in [0.5, 0.6) is 5.75 Å². The third-order valence-electron chi connectivity index (χ3n) is 2.91. The van der Waals surface area contributed by atoms with E-state index < -0.39 is 12.1 Å². The first-order chi connectivity index (χ1) is 9.11. The monoisotopic (exact) mass is 278 g/mol. The quantitative estimate of drug-likeness (QED) is 0.901. The maximum atomic E-state index is 10.3. The molecule has 1 aromatic carbocycles. The first-order valence-corrected chi connectivity index (χ1v) is 6.17. The van der Waals surface area contributed by atoms with Crippen molar-refractivity contribution in [3.63, 3.8) is 0 Å². The van der Waals surface area contributed by atoms with Crippen molar-refractivity contribution in [1.82, 2.24) is 4.98 Å². The highest BCUT2D eigenvalue weighted by molar-refractivity contribution is 6.30. The van der Waals surface area contributed by atoms with E-state index in [2.05, 4.69) is 4.98 Å². The highest BCUT2D eigenvalue weighted by Gasteiger charge is 2.19. The molecule has 19 heavy (non-hydrogen) atoms. The van der Waals surface area contributed by atoms with Gasteiger partial charge in [-0.1, -0.05) is 23.7 Å². The molecule has 1 heterocycles. The Morgan fingerprint density at radius 3 is 2.53 bits per heavy atom. The highest BCUT2D eigenvalue weighted by Crippen LogP contribution is 2.28. The Kier molecular flexibility index (Phi) is 4.37. The fourth-order valence-corrected chi connectivity index (χ4v) is 1.91. The molecule has 2 aromatic rings. The van der Waals surface area contributed by atoms with Gasteiger partial charge in [0.1, 0.15) is 5.75 Å². The lowest BCUT2D eigenvalue weighted by Gasteiger charge is -2.19. The zero-order valence-corrected chi connectivity index (χ0v) is 11.2. The van der Waals surface area contributed by atoms with Crippen LogP contribution in [-0.4, -0.2) is 17.2 Å². The van der Waals surface area contributed by atoms with Crippen LogP contribution in [0, 0.1) is 0 Å². The first-order valence-electron chi connectivity index (χ1n) is 5.80. The van der Waals surface area contributed by atoms with Gasteiger partial charge in [-0.05, 0) is 23.8 Å². The molecule has 2 atom stereocenters. The molecule has 0 saturated carbocycles. The summed E-state index contributed by atoms with van der Waals surface area (Å²) in [5.74, 6) is 0.583. The molecule has 1 unspecified atom stereocenters. The molecule has 5 heteroatoms. The number of halogens is 1. The van der Waals surface area contributed by atoms with Crippen molar-refractivity contribution in [2.45, 2.75) is 12.1 Å². The molecule has 0 fully saturated rings. The van der Waals surface area contributed by atoms with Gasteiger partial charge in [0.15, 0.2) is 0 Å². The second-order valence-corrected chi connectivity index (χ2v) is 4.62. The number of aliphatic hydroxyl groups is 1. The number of hydrogen-bond donors (Lipinski definition) is 2. The fraction of sp³-hybridized carbons (Fsp3) is 0.214. The van der Waals surface area contributed by atoms with Crippen molar-refractivity contribution < 1.29 is 9.84 Å². The molecule has 1 aromatic heterocycles. The van der Waals surface area contributed by atoms with Gasteiger partial charge in [0.2, 0.25) is 0 Å². The summed E-state index contributed by atoms with van der Waals surface area (Å²) < 4.78 is 5.07. The zero-order valence-electron chi connectivity index (χ0n) is 10.5. The van der Waals surface area contributed by atoms with Gasteiger partial charge in [0.05, 0.1) is 25.5 Å². The Bertz CT molecular complexity index is 545. The largest absolute Gasteiger partial charge is 0.495 e. The molecule has 4 nitrogen and oxygen atoms in total. The molecule has 2 rings (SSSR count). The van der Waals surface area contributed by atoms with E-state index in [-0.39, 0.29) is 0 Å². The molecule has 0 amide bonds. The maximum absolute atomic E-state index is 10.3. The standard InChI is InChI=1S/C14H15ClN2O2/c1-19-12-6-10(7-17-8-12)14(18)13(16)9-2-4-11(15)5-3-9/h2-8,13-14,18H,16H2,1H3/t13-,14?/m1/s1. The third kappa shape index (κ3) is 3.23. The minimum Gasteiger partial charge on any atom is -0.495 e. The van der Waals surface area contributed by atoms with Gasteiger partial charge in [0, 0.05) is 16.8 Å². The van der Waals surface area contributed by atoms with Gasteiger partial charge in [-0.25, -0.2) is 0 Å². The summed E-state index contributed by atoms with van der Waals surface area (Å²) in [4.78, 5) is 4.01. The Morgan fingerprint density at radius 2 is 1.89 bits per heavy atom. The third-order valence-corrected chi connectivity index (χ3v) is 3.16. The van der Waals surface area contributed by atoms with Crippen LogP contribution >= 0.6 is 11.6 Å². The van der Waals surface area contributed by atoms with E-state index >= 15 is 0 Å². The lowest BCUT2D eigenvalue weighted by Crippen LogP contribution is -2.19. The van der Waals surface area contributed by atoms with Crippen molar-refractivity contribution in [1.29, 1.82) is 0 Å². The molecule has 0 saturated heterocycles. The molecule has 0 radical (unpaired) electrons. The molecule has 0 aliphatic heterocycles. The van der Waals surface area contributed by atoms with Crippen molar-refractivity contribution in [3.8, 4) is 5.75 Å². The number of rotatable bonds is 4. The lowest BCUT2D eigenvalue weighted by molar-refractivity contribution is 0.146. The van der Waals surface area contributed by atoms with Crippen LogP contribution in [0.3, 0.4) is 0 Å². The van der Waals surface area contributed by atoms with E-state index in [4.69, 9.17) is 22.1 Å². The molecule has 3 N–H and O–H groups in total. The van der Waals surface area contributed by atoms with E-state index in [0.29, 0.717) is 16.3 Å². The number of nitrogens with zero attached hydrogens (tertiary/aromatic N) is 1. The SMILES string of the molecule is COc1cncc(C(O)[C@H](N)c2ccc(Cl)cc2)c1. The van der Waals surface area contributed by atoms with Crippen molar-refractivity contribution in [3.05, 3.63) is 58.9 Å². The Hall–Kier alpha value is -1.62. The highest BCUT2D eigenvalue weighted by atomic mass is 35.5. The lowest BCUT2D eigenvalue weighted by atomic mass is 9.98. The number of ether oxygens (including phenoxy) is 1. The minimum atomic E-state index is -0.858. The summed E-state index contributed by atoms with van der Waals surface area (Å²) in [7, 11) is 1.55. The molecule has 0 spiro atoms. The summed E-state index contributed by atoms with van der Waals surface area (Å²) in [5.41, 5.74) is 7.47. The van der Waals surface area contributed by atoms with Gasteiger partial charge in [-0.2, -0.15) is 0 Å². The van der Waals surface area contributed by atoms with Gasteiger partial charge in [-0.3, -0.25) is 4.98 Å². The maximum Gasteiger partial charge on any atom is 0.137 e. The van der Waals surface area contributed by atoms with Gasteiger partial charge >= 0.3 is 0 Å². The molecule has 0 bridgehead atoms. The average molecular weight is 279 g/mol. The summed E-state index contributed by atoms with van der Waals surface area (Å²) in [5, 5.41) is 10.9. The predicted molar refractivity (Wildman–Crippen MR) is 74.1 cm³/mol. The number of nitrogens with two attached hydrogens (primary N) is 1. The van der Waals surface area contributed by atoms with Crippen LogP contribution in [0.25, 0.3) is 0 Å². The fourth-order valence-electron chi connectivity index (χ4n) is 1.78. The van der Waals surface area contributed by atoms with Crippen molar-refractivity contribution >= 4 is 11.6 Å². The minimum absolute atomic E-state index is 0.550. The van der Waals surface area contributed by atoms with Gasteiger partial charge in [0.25, 0.3) is 0 Å². The van der Waals surface area contributed by atoms with Crippen LogP contribution in [0.4, 0.5) is 0 Å². The number of hydrogen-bond acceptors (Lipinski definition) is 4. The van der Waals surface area contributed by atoms with Crippen LogP contribution in [-0.2, 0) is 0 Å². The van der Waals surface area contributed by atoms with Crippen LogP contribution < -0.4 is 10.5 Å². The number of aliphatic hydroxyl groups excluding tert-OH is 1. The Morgan fingerprint density at radius 1 is 1.21 bits per heavy atom. The number of methoxy groups -OCH3 is 1. The molecule has 0 aliphatic rings. The van der Waals surface area contributed by atoms with Crippen molar-refractivity contribution in [2.24, 2.45) is 5.73 Å². The second kappa shape index (κ2) is 6.02. The molecule has 100 valence electrons. The van der Waals surface area contributed by atoms with E-state index in [1.54, 1.807) is 49.8 Å². The molecule has 0 aliphatic carbocycles. The van der Waals surface area contributed by atoms with Crippen LogP contribution in [0.1, 0.15) is 23.3 Å². The molecular weight excluding hydrogens is 264 g/mol. The Balaban J connectivity index is 2.22. The van der Waals surface area contributed by atoms with E-state index in [1.165, 1.54) is 0 Å². The topological polar surface area (TPSA) is 68.4 Å². The zero-order chi connectivity index (χ0) is 13.8. The number of benzene rings is 1. The van der Waals surface area contributed by atoms with Crippen LogP contribution in [0.15, 0.2) is 42.7 Å². The van der Waals surface area contributed by atoms with E-state index in [9.17, 15) is 5.11 Å². The summed E-state index contributed by atoms with van der Waals surface area (Å²) in [6, 6.07) is 8.24. The summed E-state index contributed by atoms with van der Waals surface area (Å²) >= 11 is 5.82. The van der Waals surface area contributed by atoms with E-state index in [1.807, 2.05) is 0 Å². The van der Waals surface area contributed by atoms with Gasteiger partial charge in [-0.15, -0.1) is 0 Å². The van der Waals surface area contributed by atoms with Crippen molar-refractivity contribution in [2.75, 3.05) is 7.11 Å². The summed E-state index contributed by atoms with van der Waals surface area (Å²) in [6.07, 6.45) is 2.29. The normalized spacial score (nSPS) is 13.9. The van der Waals surface area contributed by atoms with Gasteiger partial charge < -0.3 is 15.6 Å². The first kappa shape index (κ1) is 13.8. The summed E-state index contributed by atoms with van der Waals surface area (Å²) in [6.45, 7) is 0. The Labute approximate surface area is 116 Å². The second-order valence-electron chi connectivity index (χ2n) is 4.18. The number of aromatic nitrogens is 1. The molecular formula is C14H15ClN2O2. The van der Waals surface area contributed by atoms with E-state index in [0.717, 1.165) is 5.56 Å². The number of pyridine rings is 1. The average Bonchev–Trinajstić information content (AvgIpc) is 2.46. The smallest absolute Gasteiger partial charge is 0.137 e. The predicted octanol–water partition coefficient (Wildman–Crippen LogP) is 2.48. The van der Waals surface area contributed by atoms with Crippen LogP contribution in [0.2, 0.25) is 5.02 Å².